The van der Waals surface area contributed by atoms with E-state index in [1.54, 1.807) is 6.92 Å². The fraction of sp³-hybridized carbons (Fsp3) is 0.500. The van der Waals surface area contributed by atoms with Crippen LogP contribution in [0, 0.1) is 17.2 Å². The van der Waals surface area contributed by atoms with Gasteiger partial charge in [0.2, 0.25) is 0 Å². The number of nitrogens with one attached hydrogen (secondary N) is 1. The average Bonchev–Trinajstić information content (AvgIpc) is 2.96. The standard InChI is InChI=1S/C24H29N3O3/c1-15(2)24(4,14-25)27-22(28)16(3)30-23(29)21-17-10-6-5-7-12-19(17)26-20-13-9-8-11-18(20)21/h8-9,11,13,15-16H,5-7,10,12H2,1-4H3,(H,27,28). The van der Waals surface area contributed by atoms with E-state index < -0.39 is 23.5 Å². The first-order chi connectivity index (χ1) is 14.3. The summed E-state index contributed by atoms with van der Waals surface area (Å²) in [4.78, 5) is 30.7. The number of para-hydroxylation sites is 1. The monoisotopic (exact) mass is 407 g/mol. The molecule has 0 bridgehead atoms. The topological polar surface area (TPSA) is 92.1 Å². The molecule has 0 aliphatic heterocycles. The van der Waals surface area contributed by atoms with Gasteiger partial charge in [-0.3, -0.25) is 9.78 Å². The zero-order valence-electron chi connectivity index (χ0n) is 18.1. The van der Waals surface area contributed by atoms with E-state index in [0.717, 1.165) is 54.3 Å². The number of fused-ring (bicyclic) bond motifs is 2. The van der Waals surface area contributed by atoms with Crippen molar-refractivity contribution in [3.8, 4) is 6.07 Å². The van der Waals surface area contributed by atoms with Crippen molar-refractivity contribution in [1.29, 1.82) is 5.26 Å². The number of rotatable bonds is 5. The van der Waals surface area contributed by atoms with Gasteiger partial charge in [-0.1, -0.05) is 38.5 Å². The van der Waals surface area contributed by atoms with Gasteiger partial charge < -0.3 is 10.1 Å². The van der Waals surface area contributed by atoms with E-state index in [4.69, 9.17) is 9.72 Å². The van der Waals surface area contributed by atoms with Gasteiger partial charge in [-0.05, 0) is 57.1 Å². The molecule has 0 radical (unpaired) electrons. The number of amides is 1. The molecule has 0 fully saturated rings. The molecular formula is C24H29N3O3. The Kier molecular flexibility index (Phi) is 6.40. The molecule has 158 valence electrons. The number of aromatic nitrogens is 1. The van der Waals surface area contributed by atoms with Crippen LogP contribution >= 0.6 is 0 Å². The summed E-state index contributed by atoms with van der Waals surface area (Å²) in [6.07, 6.45) is 3.74. The summed E-state index contributed by atoms with van der Waals surface area (Å²) >= 11 is 0. The van der Waals surface area contributed by atoms with Crippen molar-refractivity contribution >= 4 is 22.8 Å². The van der Waals surface area contributed by atoms with Crippen molar-refractivity contribution in [2.45, 2.75) is 71.4 Å². The first-order valence-corrected chi connectivity index (χ1v) is 10.6. The van der Waals surface area contributed by atoms with Crippen LogP contribution in [0.4, 0.5) is 0 Å². The molecule has 30 heavy (non-hydrogen) atoms. The minimum atomic E-state index is -1.03. The van der Waals surface area contributed by atoms with Gasteiger partial charge in [0.05, 0.1) is 17.1 Å². The Morgan fingerprint density at radius 3 is 2.57 bits per heavy atom. The maximum absolute atomic E-state index is 13.2. The Labute approximate surface area is 177 Å². The van der Waals surface area contributed by atoms with Crippen molar-refractivity contribution in [2.75, 3.05) is 0 Å². The summed E-state index contributed by atoms with van der Waals surface area (Å²) in [5, 5.41) is 12.9. The van der Waals surface area contributed by atoms with Gasteiger partial charge in [-0.25, -0.2) is 4.79 Å². The Morgan fingerprint density at radius 2 is 1.87 bits per heavy atom. The molecule has 1 N–H and O–H groups in total. The summed E-state index contributed by atoms with van der Waals surface area (Å²) < 4.78 is 5.60. The molecule has 3 rings (SSSR count). The molecule has 1 aliphatic carbocycles. The lowest BCUT2D eigenvalue weighted by Gasteiger charge is -2.28. The lowest BCUT2D eigenvalue weighted by atomic mass is 9.90. The maximum atomic E-state index is 13.2. The molecule has 1 aromatic carbocycles. The average molecular weight is 408 g/mol. The highest BCUT2D eigenvalue weighted by molar-refractivity contribution is 6.05. The number of aryl methyl sites for hydroxylation is 1. The molecule has 1 aliphatic rings. The largest absolute Gasteiger partial charge is 0.449 e. The van der Waals surface area contributed by atoms with E-state index in [-0.39, 0.29) is 5.92 Å². The van der Waals surface area contributed by atoms with Gasteiger partial charge in [0.15, 0.2) is 6.10 Å². The highest BCUT2D eigenvalue weighted by atomic mass is 16.5. The Morgan fingerprint density at radius 1 is 1.17 bits per heavy atom. The maximum Gasteiger partial charge on any atom is 0.339 e. The number of nitriles is 1. The minimum absolute atomic E-state index is 0.0886. The summed E-state index contributed by atoms with van der Waals surface area (Å²) in [5.74, 6) is -1.09. The number of ether oxygens (including phenoxy) is 1. The molecular weight excluding hydrogens is 378 g/mol. The van der Waals surface area contributed by atoms with E-state index in [1.165, 1.54) is 6.92 Å². The number of esters is 1. The Hall–Kier alpha value is -2.94. The van der Waals surface area contributed by atoms with Gasteiger partial charge >= 0.3 is 5.97 Å². The first-order valence-electron chi connectivity index (χ1n) is 10.6. The number of benzene rings is 1. The summed E-state index contributed by atoms with van der Waals surface area (Å²) in [5.41, 5.74) is 2.14. The summed E-state index contributed by atoms with van der Waals surface area (Å²) in [7, 11) is 0. The van der Waals surface area contributed by atoms with E-state index in [2.05, 4.69) is 11.4 Å². The second-order valence-corrected chi connectivity index (χ2v) is 8.50. The van der Waals surface area contributed by atoms with Crippen LogP contribution in [-0.2, 0) is 22.4 Å². The molecule has 1 heterocycles. The highest BCUT2D eigenvalue weighted by Crippen LogP contribution is 2.29. The predicted octanol–water partition coefficient (Wildman–Crippen LogP) is 4.10. The number of pyridine rings is 1. The third-order valence-electron chi connectivity index (χ3n) is 6.05. The van der Waals surface area contributed by atoms with Crippen LogP contribution in [0.5, 0.6) is 0 Å². The predicted molar refractivity (Wildman–Crippen MR) is 115 cm³/mol. The molecule has 6 heteroatoms. The van der Waals surface area contributed by atoms with E-state index in [1.807, 2.05) is 38.1 Å². The molecule has 2 aromatic rings. The Bertz CT molecular complexity index is 1010. The molecule has 0 saturated heterocycles. The van der Waals surface area contributed by atoms with E-state index in [0.29, 0.717) is 5.56 Å². The van der Waals surface area contributed by atoms with Crippen molar-refractivity contribution in [3.63, 3.8) is 0 Å². The molecule has 6 nitrogen and oxygen atoms in total. The zero-order valence-corrected chi connectivity index (χ0v) is 18.1. The molecule has 1 amide bonds. The van der Waals surface area contributed by atoms with Crippen molar-refractivity contribution in [2.24, 2.45) is 5.92 Å². The number of hydrogen-bond donors (Lipinski definition) is 1. The number of carbonyl (C=O) groups is 2. The van der Waals surface area contributed by atoms with Gasteiger partial charge in [-0.15, -0.1) is 0 Å². The van der Waals surface area contributed by atoms with Crippen LogP contribution in [0.15, 0.2) is 24.3 Å². The molecule has 1 aromatic heterocycles. The van der Waals surface area contributed by atoms with E-state index >= 15 is 0 Å². The van der Waals surface area contributed by atoms with Gasteiger partial charge in [0.1, 0.15) is 5.54 Å². The van der Waals surface area contributed by atoms with Crippen molar-refractivity contribution in [1.82, 2.24) is 10.3 Å². The van der Waals surface area contributed by atoms with E-state index in [9.17, 15) is 14.9 Å². The quantitative estimate of drug-likeness (QED) is 0.595. The lowest BCUT2D eigenvalue weighted by Crippen LogP contribution is -2.52. The SMILES string of the molecule is CC(OC(=O)c1c2c(nc3ccccc13)CCCCC2)C(=O)NC(C)(C#N)C(C)C. The number of carbonyl (C=O) groups excluding carboxylic acids is 2. The lowest BCUT2D eigenvalue weighted by molar-refractivity contribution is -0.130. The fourth-order valence-electron chi connectivity index (χ4n) is 3.71. The van der Waals surface area contributed by atoms with Crippen LogP contribution in [-0.4, -0.2) is 28.5 Å². The third-order valence-corrected chi connectivity index (χ3v) is 6.05. The van der Waals surface area contributed by atoms with Crippen molar-refractivity contribution in [3.05, 3.63) is 41.1 Å². The summed E-state index contributed by atoms with van der Waals surface area (Å²) in [6.45, 7) is 6.92. The Balaban J connectivity index is 1.91. The summed E-state index contributed by atoms with van der Waals surface area (Å²) in [6, 6.07) is 9.69. The van der Waals surface area contributed by atoms with Gasteiger partial charge in [0, 0.05) is 11.1 Å². The van der Waals surface area contributed by atoms with Gasteiger partial charge in [-0.2, -0.15) is 5.26 Å². The van der Waals surface area contributed by atoms with Crippen LogP contribution in [0.1, 0.15) is 68.6 Å². The highest BCUT2D eigenvalue weighted by Gasteiger charge is 2.33. The molecule has 0 spiro atoms. The minimum Gasteiger partial charge on any atom is -0.449 e. The number of hydrogen-bond acceptors (Lipinski definition) is 5. The third kappa shape index (κ3) is 4.30. The van der Waals surface area contributed by atoms with Crippen LogP contribution in [0.2, 0.25) is 0 Å². The molecule has 0 saturated carbocycles. The van der Waals surface area contributed by atoms with Crippen LogP contribution in [0.25, 0.3) is 10.9 Å². The fourth-order valence-corrected chi connectivity index (χ4v) is 3.71. The first kappa shape index (κ1) is 21.8. The second-order valence-electron chi connectivity index (χ2n) is 8.50. The number of nitrogens with zero attached hydrogens (tertiary/aromatic N) is 2. The second kappa shape index (κ2) is 8.83. The smallest absolute Gasteiger partial charge is 0.339 e. The zero-order chi connectivity index (χ0) is 21.9. The van der Waals surface area contributed by atoms with Gasteiger partial charge in [0.25, 0.3) is 5.91 Å². The molecule has 2 atom stereocenters. The normalized spacial score (nSPS) is 16.7. The van der Waals surface area contributed by atoms with Crippen molar-refractivity contribution < 1.29 is 14.3 Å². The molecule has 2 unspecified atom stereocenters. The van der Waals surface area contributed by atoms with Crippen LogP contribution < -0.4 is 5.32 Å². The van der Waals surface area contributed by atoms with Crippen LogP contribution in [0.3, 0.4) is 0 Å².